The van der Waals surface area contributed by atoms with E-state index in [0.717, 1.165) is 18.7 Å². The second-order valence-corrected chi connectivity index (χ2v) is 10.2. The molecule has 0 aliphatic carbocycles. The molecule has 2 aliphatic heterocycles. The zero-order valence-electron chi connectivity index (χ0n) is 18.4. The maximum atomic E-state index is 12.9. The van der Waals surface area contributed by atoms with Crippen molar-refractivity contribution < 1.29 is 21.6 Å². The number of anilines is 2. The van der Waals surface area contributed by atoms with Crippen molar-refractivity contribution in [1.82, 2.24) is 19.2 Å². The monoisotopic (exact) mass is 484 g/mol. The van der Waals surface area contributed by atoms with Crippen LogP contribution in [0.2, 0.25) is 0 Å². The standard InChI is InChI=1S/C21H27F3N6O2S/c1-27-9-13-30(14-10-27)33(31,32)18-4-6-20(26-16-18)29-8-2-7-28(11-12-29)19-5-3-17(15-25-19)21(22,23)24/h3-6,15-16H,2,7-14H2,1H3. The number of alkyl halides is 3. The van der Waals surface area contributed by atoms with E-state index in [1.807, 2.05) is 11.9 Å². The Morgan fingerprint density at radius 3 is 1.85 bits per heavy atom. The number of aromatic nitrogens is 2. The largest absolute Gasteiger partial charge is 0.417 e. The van der Waals surface area contributed by atoms with Gasteiger partial charge in [-0.15, -0.1) is 0 Å². The fourth-order valence-corrected chi connectivity index (χ4v) is 5.37. The van der Waals surface area contributed by atoms with Crippen LogP contribution in [0.25, 0.3) is 0 Å². The normalized spacial score (nSPS) is 19.5. The molecule has 0 atom stereocenters. The molecule has 4 rings (SSSR count). The number of hydrogen-bond acceptors (Lipinski definition) is 7. The molecule has 0 saturated carbocycles. The highest BCUT2D eigenvalue weighted by Gasteiger charge is 2.31. The number of sulfonamides is 1. The lowest BCUT2D eigenvalue weighted by Gasteiger charge is -2.31. The van der Waals surface area contributed by atoms with Gasteiger partial charge in [0, 0.05) is 64.8 Å². The van der Waals surface area contributed by atoms with E-state index in [-0.39, 0.29) is 4.90 Å². The summed E-state index contributed by atoms with van der Waals surface area (Å²) in [5, 5.41) is 0. The number of likely N-dealkylation sites (N-methyl/N-ethyl adjacent to an activating group) is 1. The number of halogens is 3. The summed E-state index contributed by atoms with van der Waals surface area (Å²) in [6.45, 7) is 4.84. The van der Waals surface area contributed by atoms with Gasteiger partial charge in [0.1, 0.15) is 16.5 Å². The van der Waals surface area contributed by atoms with Crippen molar-refractivity contribution in [2.45, 2.75) is 17.5 Å². The van der Waals surface area contributed by atoms with Gasteiger partial charge in [-0.25, -0.2) is 18.4 Å². The molecule has 2 fully saturated rings. The third-order valence-electron chi connectivity index (χ3n) is 6.04. The SMILES string of the molecule is CN1CCN(S(=O)(=O)c2ccc(N3CCCN(c4ccc(C(F)(F)F)cn4)CC3)nc2)CC1. The summed E-state index contributed by atoms with van der Waals surface area (Å²) in [7, 11) is -1.60. The van der Waals surface area contributed by atoms with Crippen molar-refractivity contribution in [3.8, 4) is 0 Å². The second kappa shape index (κ2) is 9.43. The predicted molar refractivity (Wildman–Crippen MR) is 119 cm³/mol. The molecule has 180 valence electrons. The summed E-state index contributed by atoms with van der Waals surface area (Å²) < 4.78 is 65.6. The molecule has 2 saturated heterocycles. The lowest BCUT2D eigenvalue weighted by Crippen LogP contribution is -2.47. The maximum absolute atomic E-state index is 12.9. The van der Waals surface area contributed by atoms with Crippen LogP contribution in [-0.4, -0.2) is 87.0 Å². The number of piperazine rings is 1. The second-order valence-electron chi connectivity index (χ2n) is 8.29. The van der Waals surface area contributed by atoms with Crippen LogP contribution >= 0.6 is 0 Å². The minimum atomic E-state index is -4.41. The van der Waals surface area contributed by atoms with Crippen LogP contribution in [0.4, 0.5) is 24.8 Å². The van der Waals surface area contributed by atoms with Crippen LogP contribution in [0.3, 0.4) is 0 Å². The smallest absolute Gasteiger partial charge is 0.355 e. The molecular formula is C21H27F3N6O2S. The van der Waals surface area contributed by atoms with Gasteiger partial charge in [0.2, 0.25) is 10.0 Å². The Morgan fingerprint density at radius 2 is 1.36 bits per heavy atom. The fourth-order valence-electron chi connectivity index (χ4n) is 4.01. The molecule has 0 N–H and O–H groups in total. The molecule has 2 aromatic rings. The molecule has 33 heavy (non-hydrogen) atoms. The quantitative estimate of drug-likeness (QED) is 0.659. The van der Waals surface area contributed by atoms with Crippen LogP contribution in [0.1, 0.15) is 12.0 Å². The Morgan fingerprint density at radius 1 is 0.788 bits per heavy atom. The molecule has 2 aromatic heterocycles. The van der Waals surface area contributed by atoms with Crippen molar-refractivity contribution in [2.75, 3.05) is 69.2 Å². The first-order valence-corrected chi connectivity index (χ1v) is 12.3. The Labute approximate surface area is 191 Å². The number of rotatable bonds is 4. The highest BCUT2D eigenvalue weighted by molar-refractivity contribution is 7.89. The van der Waals surface area contributed by atoms with Crippen molar-refractivity contribution in [2.24, 2.45) is 0 Å². The maximum Gasteiger partial charge on any atom is 0.417 e. The van der Waals surface area contributed by atoms with E-state index in [2.05, 4.69) is 19.8 Å². The number of nitrogens with zero attached hydrogens (tertiary/aromatic N) is 6. The molecule has 0 unspecified atom stereocenters. The Bertz CT molecular complexity index is 1040. The topological polar surface area (TPSA) is 72.9 Å². The first kappa shape index (κ1) is 23.7. The summed E-state index contributed by atoms with van der Waals surface area (Å²) in [5.74, 6) is 1.18. The molecule has 0 radical (unpaired) electrons. The Kier molecular flexibility index (Phi) is 6.78. The predicted octanol–water partition coefficient (Wildman–Crippen LogP) is 2.15. The molecule has 0 amide bonds. The minimum Gasteiger partial charge on any atom is -0.355 e. The zero-order chi connectivity index (χ0) is 23.6. The lowest BCUT2D eigenvalue weighted by molar-refractivity contribution is -0.137. The summed E-state index contributed by atoms with van der Waals surface area (Å²) >= 11 is 0. The van der Waals surface area contributed by atoms with Crippen molar-refractivity contribution in [3.63, 3.8) is 0 Å². The minimum absolute atomic E-state index is 0.182. The van der Waals surface area contributed by atoms with E-state index >= 15 is 0 Å². The van der Waals surface area contributed by atoms with Crippen molar-refractivity contribution in [3.05, 3.63) is 42.2 Å². The molecule has 8 nitrogen and oxygen atoms in total. The third-order valence-corrected chi connectivity index (χ3v) is 7.92. The van der Waals surface area contributed by atoms with Crippen molar-refractivity contribution in [1.29, 1.82) is 0 Å². The van der Waals surface area contributed by atoms with Crippen LogP contribution in [-0.2, 0) is 16.2 Å². The van der Waals surface area contributed by atoms with E-state index in [0.29, 0.717) is 64.0 Å². The van der Waals surface area contributed by atoms with Crippen LogP contribution in [0, 0.1) is 0 Å². The summed E-state index contributed by atoms with van der Waals surface area (Å²) in [6.07, 6.45) is -1.37. The van der Waals surface area contributed by atoms with E-state index in [9.17, 15) is 21.6 Å². The van der Waals surface area contributed by atoms with E-state index < -0.39 is 21.8 Å². The Hall–Kier alpha value is -2.44. The molecule has 0 aromatic carbocycles. The van der Waals surface area contributed by atoms with Gasteiger partial charge in [-0.1, -0.05) is 0 Å². The molecular weight excluding hydrogens is 457 g/mol. The average Bonchev–Trinajstić information content (AvgIpc) is 3.05. The fraction of sp³-hybridized carbons (Fsp3) is 0.524. The van der Waals surface area contributed by atoms with E-state index in [4.69, 9.17) is 0 Å². The van der Waals surface area contributed by atoms with Crippen LogP contribution in [0.5, 0.6) is 0 Å². The number of pyridine rings is 2. The first-order valence-electron chi connectivity index (χ1n) is 10.8. The van der Waals surface area contributed by atoms with Gasteiger partial charge < -0.3 is 14.7 Å². The average molecular weight is 485 g/mol. The van der Waals surface area contributed by atoms with Crippen LogP contribution in [0.15, 0.2) is 41.6 Å². The molecule has 12 heteroatoms. The highest BCUT2D eigenvalue weighted by Crippen LogP contribution is 2.29. The number of hydrogen-bond donors (Lipinski definition) is 0. The summed E-state index contributed by atoms with van der Waals surface area (Å²) in [5.41, 5.74) is -0.765. The van der Waals surface area contributed by atoms with Gasteiger partial charge in [0.05, 0.1) is 5.56 Å². The van der Waals surface area contributed by atoms with Gasteiger partial charge in [-0.05, 0) is 37.7 Å². The zero-order valence-corrected chi connectivity index (χ0v) is 19.2. The van der Waals surface area contributed by atoms with Crippen LogP contribution < -0.4 is 9.80 Å². The Balaban J connectivity index is 1.40. The van der Waals surface area contributed by atoms with E-state index in [1.165, 1.54) is 16.6 Å². The summed E-state index contributed by atoms with van der Waals surface area (Å²) in [4.78, 5) is 14.7. The lowest BCUT2D eigenvalue weighted by atomic mass is 10.2. The molecule has 2 aliphatic rings. The molecule has 0 spiro atoms. The van der Waals surface area contributed by atoms with Gasteiger partial charge >= 0.3 is 6.18 Å². The molecule has 0 bridgehead atoms. The molecule has 4 heterocycles. The summed E-state index contributed by atoms with van der Waals surface area (Å²) in [6, 6.07) is 5.76. The van der Waals surface area contributed by atoms with Gasteiger partial charge in [-0.2, -0.15) is 17.5 Å². The first-order chi connectivity index (χ1) is 15.6. The third kappa shape index (κ3) is 5.39. The van der Waals surface area contributed by atoms with Gasteiger partial charge in [0.25, 0.3) is 0 Å². The van der Waals surface area contributed by atoms with E-state index in [1.54, 1.807) is 12.1 Å². The van der Waals surface area contributed by atoms with Crippen molar-refractivity contribution >= 4 is 21.7 Å². The highest BCUT2D eigenvalue weighted by atomic mass is 32.2. The van der Waals surface area contributed by atoms with Gasteiger partial charge in [-0.3, -0.25) is 0 Å². The van der Waals surface area contributed by atoms with Gasteiger partial charge in [0.15, 0.2) is 0 Å².